The second kappa shape index (κ2) is 5.77. The average Bonchev–Trinajstić information content (AvgIpc) is 2.32. The van der Waals surface area contributed by atoms with Crippen LogP contribution in [0.2, 0.25) is 0 Å². The van der Waals surface area contributed by atoms with Crippen LogP contribution in [0.4, 0.5) is 0 Å². The van der Waals surface area contributed by atoms with Crippen LogP contribution in [0, 0.1) is 0 Å². The van der Waals surface area contributed by atoms with Crippen LogP contribution in [-0.2, 0) is 22.0 Å². The fourth-order valence-electron chi connectivity index (χ4n) is 1.38. The minimum Gasteiger partial charge on any atom is -0.468 e. The van der Waals surface area contributed by atoms with E-state index in [0.29, 0.717) is 5.16 Å². The number of nitrogens with zero attached hydrogens (tertiary/aromatic N) is 2. The number of esters is 1. The quantitative estimate of drug-likeness (QED) is 0.480. The van der Waals surface area contributed by atoms with Crippen molar-refractivity contribution in [3.8, 4) is 0 Å². The summed E-state index contributed by atoms with van der Waals surface area (Å²) in [6.45, 7) is 7.71. The molecule has 0 saturated carbocycles. The maximum Gasteiger partial charge on any atom is 0.318 e. The van der Waals surface area contributed by atoms with Gasteiger partial charge in [-0.1, -0.05) is 32.5 Å². The van der Waals surface area contributed by atoms with E-state index < -0.39 is 5.25 Å². The van der Waals surface area contributed by atoms with E-state index in [2.05, 4.69) is 9.72 Å². The molecule has 0 N–H and O–H groups in total. The molecule has 0 saturated heterocycles. The summed E-state index contributed by atoms with van der Waals surface area (Å²) < 4.78 is 6.12. The molecule has 0 aromatic carbocycles. The number of carbonyl (C=O) groups excluding carboxylic acids is 1. The van der Waals surface area contributed by atoms with E-state index >= 15 is 0 Å². The first-order valence-electron chi connectivity index (χ1n) is 6.00. The summed E-state index contributed by atoms with van der Waals surface area (Å²) in [5.41, 5.74) is 0.381. The average molecular weight is 284 g/mol. The van der Waals surface area contributed by atoms with Gasteiger partial charge in [0.05, 0.1) is 12.8 Å². The topological polar surface area (TPSA) is 61.2 Å². The minimum absolute atomic E-state index is 0.125. The number of hydrogen-bond acceptors (Lipinski definition) is 5. The van der Waals surface area contributed by atoms with Gasteiger partial charge >= 0.3 is 5.97 Å². The van der Waals surface area contributed by atoms with Gasteiger partial charge in [0.25, 0.3) is 5.56 Å². The highest BCUT2D eigenvalue weighted by Crippen LogP contribution is 2.24. The molecule has 0 aliphatic rings. The molecule has 1 rings (SSSR count). The first-order chi connectivity index (χ1) is 8.66. The largest absolute Gasteiger partial charge is 0.468 e. The fraction of sp³-hybridized carbons (Fsp3) is 0.615. The monoisotopic (exact) mass is 284 g/mol. The highest BCUT2D eigenvalue weighted by atomic mass is 32.2. The van der Waals surface area contributed by atoms with Crippen LogP contribution in [-0.4, -0.2) is 27.9 Å². The Morgan fingerprint density at radius 3 is 2.53 bits per heavy atom. The van der Waals surface area contributed by atoms with Crippen LogP contribution in [0.3, 0.4) is 0 Å². The first kappa shape index (κ1) is 15.8. The Morgan fingerprint density at radius 1 is 1.47 bits per heavy atom. The zero-order valence-corrected chi connectivity index (χ0v) is 13.0. The lowest BCUT2D eigenvalue weighted by atomic mass is 9.92. The Hall–Kier alpha value is -1.30. The van der Waals surface area contributed by atoms with Gasteiger partial charge in [-0.15, -0.1) is 0 Å². The third-order valence-corrected chi connectivity index (χ3v) is 3.80. The van der Waals surface area contributed by atoms with E-state index in [1.54, 1.807) is 14.0 Å². The highest BCUT2D eigenvalue weighted by Gasteiger charge is 2.21. The van der Waals surface area contributed by atoms with Crippen molar-refractivity contribution in [1.29, 1.82) is 0 Å². The van der Waals surface area contributed by atoms with E-state index in [9.17, 15) is 9.59 Å². The number of methoxy groups -OCH3 is 1. The Labute approximate surface area is 117 Å². The highest BCUT2D eigenvalue weighted by molar-refractivity contribution is 8.00. The van der Waals surface area contributed by atoms with Gasteiger partial charge in [0.1, 0.15) is 5.25 Å². The van der Waals surface area contributed by atoms with E-state index in [1.807, 2.05) is 20.8 Å². The summed E-state index contributed by atoms with van der Waals surface area (Å²) in [4.78, 5) is 27.8. The smallest absolute Gasteiger partial charge is 0.318 e. The van der Waals surface area contributed by atoms with Crippen molar-refractivity contribution >= 4 is 17.7 Å². The van der Waals surface area contributed by atoms with Crippen LogP contribution >= 0.6 is 11.8 Å². The third kappa shape index (κ3) is 3.83. The Morgan fingerprint density at radius 2 is 2.05 bits per heavy atom. The Bertz CT molecular complexity index is 532. The normalized spacial score (nSPS) is 13.2. The van der Waals surface area contributed by atoms with Crippen LogP contribution in [0.15, 0.2) is 16.0 Å². The van der Waals surface area contributed by atoms with Crippen molar-refractivity contribution in [3.63, 3.8) is 0 Å². The van der Waals surface area contributed by atoms with E-state index in [-0.39, 0.29) is 16.9 Å². The lowest BCUT2D eigenvalue weighted by Gasteiger charge is -2.19. The first-order valence-corrected chi connectivity index (χ1v) is 6.88. The molecule has 1 aromatic heterocycles. The van der Waals surface area contributed by atoms with Gasteiger partial charge in [-0.3, -0.25) is 14.2 Å². The van der Waals surface area contributed by atoms with Crippen molar-refractivity contribution in [2.45, 2.75) is 43.5 Å². The van der Waals surface area contributed by atoms with Crippen molar-refractivity contribution in [2.24, 2.45) is 7.05 Å². The molecule has 0 bridgehead atoms. The van der Waals surface area contributed by atoms with Crippen LogP contribution in [0.25, 0.3) is 0 Å². The van der Waals surface area contributed by atoms with Gasteiger partial charge in [0.2, 0.25) is 0 Å². The van der Waals surface area contributed by atoms with Crippen molar-refractivity contribution in [2.75, 3.05) is 7.11 Å². The summed E-state index contributed by atoms with van der Waals surface area (Å²) in [5.74, 6) is -0.333. The molecule has 0 aliphatic heterocycles. The third-order valence-electron chi connectivity index (χ3n) is 2.68. The number of thioether (sulfide) groups is 1. The molecule has 0 aliphatic carbocycles. The number of carbonyl (C=O) groups is 1. The molecule has 1 aromatic rings. The molecule has 1 atom stereocenters. The molecule has 0 unspecified atom stereocenters. The number of ether oxygens (including phenoxy) is 1. The second-order valence-electron chi connectivity index (χ2n) is 5.35. The van der Waals surface area contributed by atoms with Crippen LogP contribution in [0.1, 0.15) is 33.4 Å². The summed E-state index contributed by atoms with van der Waals surface area (Å²) in [5, 5.41) is 0.119. The fourth-order valence-corrected chi connectivity index (χ4v) is 2.29. The molecule has 106 valence electrons. The second-order valence-corrected chi connectivity index (χ2v) is 6.66. The molecule has 0 fully saturated rings. The van der Waals surface area contributed by atoms with Crippen molar-refractivity contribution in [1.82, 2.24) is 9.55 Å². The molecular weight excluding hydrogens is 264 g/mol. The molecular formula is C13H20N2O3S. The van der Waals surface area contributed by atoms with Crippen molar-refractivity contribution < 1.29 is 9.53 Å². The standard InChI is InChI=1S/C13H20N2O3S/c1-8(11(17)18-6)19-12-14-9(13(2,3)4)7-10(16)15(12)5/h7-8H,1-6H3/t8-/m1/s1. The molecule has 0 amide bonds. The lowest BCUT2D eigenvalue weighted by Crippen LogP contribution is -2.26. The predicted molar refractivity (Wildman–Crippen MR) is 75.5 cm³/mol. The van der Waals surface area contributed by atoms with Crippen LogP contribution in [0.5, 0.6) is 0 Å². The van der Waals surface area contributed by atoms with Gasteiger partial charge < -0.3 is 4.74 Å². The van der Waals surface area contributed by atoms with Gasteiger partial charge in [0, 0.05) is 18.5 Å². The van der Waals surface area contributed by atoms with Gasteiger partial charge in [-0.25, -0.2) is 4.98 Å². The zero-order chi connectivity index (χ0) is 14.8. The molecule has 0 radical (unpaired) electrons. The minimum atomic E-state index is -0.404. The molecule has 5 nitrogen and oxygen atoms in total. The summed E-state index contributed by atoms with van der Waals surface area (Å²) in [6, 6.07) is 1.53. The maximum absolute atomic E-state index is 11.9. The predicted octanol–water partition coefficient (Wildman–Crippen LogP) is 1.73. The number of rotatable bonds is 3. The molecule has 19 heavy (non-hydrogen) atoms. The molecule has 0 spiro atoms. The van der Waals surface area contributed by atoms with Gasteiger partial charge in [0.15, 0.2) is 5.16 Å². The van der Waals surface area contributed by atoms with E-state index in [1.165, 1.54) is 29.5 Å². The summed E-state index contributed by atoms with van der Waals surface area (Å²) in [6.07, 6.45) is 0. The number of aromatic nitrogens is 2. The lowest BCUT2D eigenvalue weighted by molar-refractivity contribution is -0.139. The maximum atomic E-state index is 11.9. The zero-order valence-electron chi connectivity index (χ0n) is 12.2. The van der Waals surface area contributed by atoms with E-state index in [4.69, 9.17) is 0 Å². The number of hydrogen-bond donors (Lipinski definition) is 0. The summed E-state index contributed by atoms with van der Waals surface area (Å²) >= 11 is 1.22. The van der Waals surface area contributed by atoms with Crippen LogP contribution < -0.4 is 5.56 Å². The Balaban J connectivity index is 3.17. The Kier molecular flexibility index (Phi) is 4.79. The van der Waals surface area contributed by atoms with Crippen molar-refractivity contribution in [3.05, 3.63) is 22.1 Å². The molecule has 6 heteroatoms. The van der Waals surface area contributed by atoms with E-state index in [0.717, 1.165) is 5.69 Å². The van der Waals surface area contributed by atoms with Gasteiger partial charge in [-0.2, -0.15) is 0 Å². The van der Waals surface area contributed by atoms with Gasteiger partial charge in [-0.05, 0) is 6.92 Å². The summed E-state index contributed by atoms with van der Waals surface area (Å²) in [7, 11) is 2.99. The SMILES string of the molecule is COC(=O)[C@@H](C)Sc1nc(C(C)(C)C)cc(=O)n1C. The molecule has 1 heterocycles.